The first-order valence-corrected chi connectivity index (χ1v) is 10.9. The number of nitrogens with zero attached hydrogens (tertiary/aromatic N) is 1. The summed E-state index contributed by atoms with van der Waals surface area (Å²) in [7, 11) is 0. The zero-order chi connectivity index (χ0) is 22.1. The van der Waals surface area contributed by atoms with Gasteiger partial charge >= 0.3 is 6.03 Å². The largest absolute Gasteiger partial charge is 0.486 e. The van der Waals surface area contributed by atoms with E-state index in [-0.39, 0.29) is 18.4 Å². The van der Waals surface area contributed by atoms with Gasteiger partial charge in [0.25, 0.3) is 5.91 Å². The number of carbonyl (C=O) groups excluding carboxylic acids is 3. The predicted molar refractivity (Wildman–Crippen MR) is 115 cm³/mol. The minimum absolute atomic E-state index is 0.296. The Kier molecular flexibility index (Phi) is 5.20. The van der Waals surface area contributed by atoms with Crippen molar-refractivity contribution in [1.29, 1.82) is 0 Å². The number of imide groups is 1. The quantitative estimate of drug-likeness (QED) is 0.700. The van der Waals surface area contributed by atoms with Crippen molar-refractivity contribution in [1.82, 2.24) is 15.5 Å². The number of fused-ring (bicyclic) bond motifs is 3. The van der Waals surface area contributed by atoms with Gasteiger partial charge in [-0.3, -0.25) is 14.5 Å². The molecule has 32 heavy (non-hydrogen) atoms. The maximum Gasteiger partial charge on any atom is 0.325 e. The minimum atomic E-state index is -1.06. The topological polar surface area (TPSA) is 97.0 Å². The summed E-state index contributed by atoms with van der Waals surface area (Å²) in [4.78, 5) is 39.4. The van der Waals surface area contributed by atoms with Crippen LogP contribution in [0.4, 0.5) is 4.79 Å². The average Bonchev–Trinajstić information content (AvgIpc) is 3.04. The molecule has 8 nitrogen and oxygen atoms in total. The van der Waals surface area contributed by atoms with Crippen molar-refractivity contribution in [2.75, 3.05) is 26.3 Å². The summed E-state index contributed by atoms with van der Waals surface area (Å²) in [6, 6.07) is 12.9. The Morgan fingerprint density at radius 2 is 1.91 bits per heavy atom. The van der Waals surface area contributed by atoms with Gasteiger partial charge in [-0.2, -0.15) is 0 Å². The number of nitrogens with one attached hydrogen (secondary N) is 2. The zero-order valence-corrected chi connectivity index (χ0v) is 17.7. The maximum absolute atomic E-state index is 13.3. The van der Waals surface area contributed by atoms with Crippen LogP contribution in [0.3, 0.4) is 0 Å². The Labute approximate surface area is 185 Å². The van der Waals surface area contributed by atoms with Gasteiger partial charge < -0.3 is 20.1 Å². The fourth-order valence-electron chi connectivity index (χ4n) is 4.74. The van der Waals surface area contributed by atoms with Crippen molar-refractivity contribution in [2.45, 2.75) is 31.2 Å². The van der Waals surface area contributed by atoms with E-state index in [2.05, 4.69) is 10.6 Å². The monoisotopic (exact) mass is 435 g/mol. The molecule has 2 aromatic carbocycles. The summed E-state index contributed by atoms with van der Waals surface area (Å²) in [5.41, 5.74) is 1.85. The number of urea groups is 1. The van der Waals surface area contributed by atoms with Crippen LogP contribution in [0.2, 0.25) is 0 Å². The van der Waals surface area contributed by atoms with Gasteiger partial charge in [-0.15, -0.1) is 0 Å². The highest BCUT2D eigenvalue weighted by molar-refractivity contribution is 6.09. The summed E-state index contributed by atoms with van der Waals surface area (Å²) in [6.07, 6.45) is 2.82. The summed E-state index contributed by atoms with van der Waals surface area (Å²) >= 11 is 0. The first-order chi connectivity index (χ1) is 15.6. The molecule has 1 unspecified atom stereocenters. The fraction of sp³-hybridized carbons (Fsp3) is 0.375. The van der Waals surface area contributed by atoms with E-state index in [0.717, 1.165) is 40.2 Å². The van der Waals surface area contributed by atoms with Crippen LogP contribution in [-0.2, 0) is 28.0 Å². The molecule has 5 rings (SSSR count). The molecule has 0 saturated carbocycles. The van der Waals surface area contributed by atoms with E-state index < -0.39 is 11.6 Å². The molecule has 1 fully saturated rings. The summed E-state index contributed by atoms with van der Waals surface area (Å²) < 4.78 is 11.1. The SMILES string of the molecule is O=C(CN1C(=O)NC2(CCCc3ccccc32)C1=O)NCCc1ccc2c(c1)OCCO2. The van der Waals surface area contributed by atoms with Crippen LogP contribution in [-0.4, -0.2) is 49.0 Å². The first kappa shape index (κ1) is 20.4. The first-order valence-electron chi connectivity index (χ1n) is 10.9. The highest BCUT2D eigenvalue weighted by Crippen LogP contribution is 2.39. The van der Waals surface area contributed by atoms with Gasteiger partial charge in [0.2, 0.25) is 5.91 Å². The third-order valence-electron chi connectivity index (χ3n) is 6.29. The van der Waals surface area contributed by atoms with Gasteiger partial charge in [0.05, 0.1) is 0 Å². The molecule has 1 spiro atoms. The summed E-state index contributed by atoms with van der Waals surface area (Å²) in [6.45, 7) is 1.15. The smallest absolute Gasteiger partial charge is 0.325 e. The van der Waals surface area contributed by atoms with Gasteiger partial charge in [0.15, 0.2) is 11.5 Å². The lowest BCUT2D eigenvalue weighted by molar-refractivity contribution is -0.135. The third-order valence-corrected chi connectivity index (χ3v) is 6.29. The predicted octanol–water partition coefficient (Wildman–Crippen LogP) is 1.90. The number of ether oxygens (including phenoxy) is 2. The Balaban J connectivity index is 1.20. The van der Waals surface area contributed by atoms with E-state index in [4.69, 9.17) is 9.47 Å². The Bertz CT molecular complexity index is 1090. The number of aryl methyl sites for hydroxylation is 1. The number of carbonyl (C=O) groups is 3. The molecule has 1 atom stereocenters. The highest BCUT2D eigenvalue weighted by atomic mass is 16.6. The van der Waals surface area contributed by atoms with E-state index in [0.29, 0.717) is 38.3 Å². The van der Waals surface area contributed by atoms with Gasteiger partial charge in [-0.05, 0) is 54.5 Å². The van der Waals surface area contributed by atoms with E-state index in [1.54, 1.807) is 0 Å². The Morgan fingerprint density at radius 1 is 1.09 bits per heavy atom. The standard InChI is InChI=1S/C24H25N3O5/c28-21(25-11-9-16-7-8-19-20(14-16)32-13-12-31-19)15-27-22(29)24(26-23(27)30)10-3-5-17-4-1-2-6-18(17)24/h1-2,4,6-8,14H,3,5,9-13,15H2,(H,25,28)(H,26,30). The molecule has 0 bridgehead atoms. The number of rotatable bonds is 5. The van der Waals surface area contributed by atoms with Crippen LogP contribution < -0.4 is 20.1 Å². The lowest BCUT2D eigenvalue weighted by Crippen LogP contribution is -2.47. The van der Waals surface area contributed by atoms with Crippen LogP contribution in [0.1, 0.15) is 29.5 Å². The molecular weight excluding hydrogens is 410 g/mol. The van der Waals surface area contributed by atoms with E-state index in [1.165, 1.54) is 0 Å². The fourth-order valence-corrected chi connectivity index (χ4v) is 4.74. The van der Waals surface area contributed by atoms with Gasteiger partial charge in [-0.25, -0.2) is 4.79 Å². The van der Waals surface area contributed by atoms with Crippen molar-refractivity contribution in [3.05, 3.63) is 59.2 Å². The van der Waals surface area contributed by atoms with Crippen molar-refractivity contribution >= 4 is 17.8 Å². The second kappa shape index (κ2) is 8.18. The van der Waals surface area contributed by atoms with Crippen LogP contribution in [0.15, 0.2) is 42.5 Å². The normalized spacial score (nSPS) is 21.3. The van der Waals surface area contributed by atoms with Crippen molar-refractivity contribution in [3.8, 4) is 11.5 Å². The van der Waals surface area contributed by atoms with Crippen LogP contribution in [0.25, 0.3) is 0 Å². The molecular formula is C24H25N3O5. The van der Waals surface area contributed by atoms with Gasteiger partial charge in [-0.1, -0.05) is 30.3 Å². The lowest BCUT2D eigenvalue weighted by atomic mass is 9.76. The average molecular weight is 435 g/mol. The second-order valence-electron chi connectivity index (χ2n) is 8.32. The van der Waals surface area contributed by atoms with Crippen molar-refractivity contribution in [2.24, 2.45) is 0 Å². The molecule has 0 radical (unpaired) electrons. The van der Waals surface area contributed by atoms with Crippen LogP contribution in [0, 0.1) is 0 Å². The van der Waals surface area contributed by atoms with E-state index >= 15 is 0 Å². The van der Waals surface area contributed by atoms with Crippen LogP contribution in [0.5, 0.6) is 11.5 Å². The van der Waals surface area contributed by atoms with Gasteiger partial charge in [0, 0.05) is 6.54 Å². The van der Waals surface area contributed by atoms with Crippen molar-refractivity contribution < 1.29 is 23.9 Å². The second-order valence-corrected chi connectivity index (χ2v) is 8.32. The molecule has 0 aromatic heterocycles. The lowest BCUT2D eigenvalue weighted by Gasteiger charge is -2.33. The molecule has 3 aliphatic rings. The zero-order valence-electron chi connectivity index (χ0n) is 17.7. The molecule has 1 saturated heterocycles. The summed E-state index contributed by atoms with van der Waals surface area (Å²) in [5, 5.41) is 5.68. The summed E-state index contributed by atoms with van der Waals surface area (Å²) in [5.74, 6) is 0.710. The number of benzene rings is 2. The molecule has 166 valence electrons. The number of hydrogen-bond acceptors (Lipinski definition) is 5. The molecule has 2 N–H and O–H groups in total. The van der Waals surface area contributed by atoms with E-state index in [9.17, 15) is 14.4 Å². The van der Waals surface area contributed by atoms with Crippen LogP contribution >= 0.6 is 0 Å². The maximum atomic E-state index is 13.3. The third kappa shape index (κ3) is 3.55. The van der Waals surface area contributed by atoms with Gasteiger partial charge in [0.1, 0.15) is 25.3 Å². The molecule has 1 aliphatic carbocycles. The molecule has 8 heteroatoms. The molecule has 4 amide bonds. The Hall–Kier alpha value is -3.55. The van der Waals surface area contributed by atoms with Crippen molar-refractivity contribution in [3.63, 3.8) is 0 Å². The number of hydrogen-bond donors (Lipinski definition) is 2. The minimum Gasteiger partial charge on any atom is -0.486 e. The molecule has 2 aromatic rings. The molecule has 2 aliphatic heterocycles. The number of amides is 4. The van der Waals surface area contributed by atoms with E-state index in [1.807, 2.05) is 42.5 Å². The Morgan fingerprint density at radius 3 is 2.78 bits per heavy atom. The molecule has 2 heterocycles. The highest BCUT2D eigenvalue weighted by Gasteiger charge is 2.54.